The number of rotatable bonds is 2. The van der Waals surface area contributed by atoms with Gasteiger partial charge in [0.2, 0.25) is 0 Å². The summed E-state index contributed by atoms with van der Waals surface area (Å²) < 4.78 is 0. The van der Waals surface area contributed by atoms with Crippen LogP contribution in [0.15, 0.2) is 24.3 Å². The maximum Gasteiger partial charge on any atom is 0.316 e. The molecule has 1 aliphatic rings. The second-order valence-electron chi connectivity index (χ2n) is 4.67. The van der Waals surface area contributed by atoms with Gasteiger partial charge in [-0.05, 0) is 31.2 Å². The van der Waals surface area contributed by atoms with E-state index >= 15 is 0 Å². The highest BCUT2D eigenvalue weighted by Crippen LogP contribution is 2.12. The fraction of sp³-hybridized carbons (Fsp3) is 0.385. The smallest absolute Gasteiger partial charge is 0.316 e. The lowest BCUT2D eigenvalue weighted by molar-refractivity contribution is 0.0709. The fourth-order valence-electron chi connectivity index (χ4n) is 2.14. The number of carbonyl (C=O) groups is 2. The van der Waals surface area contributed by atoms with Crippen molar-refractivity contribution in [1.29, 1.82) is 0 Å². The van der Waals surface area contributed by atoms with E-state index in [1.807, 2.05) is 4.90 Å². The van der Waals surface area contributed by atoms with Crippen molar-refractivity contribution in [3.05, 3.63) is 29.8 Å². The van der Waals surface area contributed by atoms with Crippen LogP contribution in [-0.4, -0.2) is 42.5 Å². The van der Waals surface area contributed by atoms with E-state index in [4.69, 9.17) is 5.73 Å². The predicted octanol–water partition coefficient (Wildman–Crippen LogP) is 0.611. The minimum atomic E-state index is -0.616. The third-order valence-electron chi connectivity index (χ3n) is 3.06. The molecule has 1 saturated heterocycles. The average molecular weight is 262 g/mol. The molecule has 3 amide bonds. The monoisotopic (exact) mass is 262 g/mol. The van der Waals surface area contributed by atoms with Gasteiger partial charge in [0.1, 0.15) is 0 Å². The Morgan fingerprint density at radius 1 is 1.37 bits per heavy atom. The van der Waals surface area contributed by atoms with Crippen molar-refractivity contribution < 1.29 is 9.59 Å². The Hall–Kier alpha value is -2.08. The number of anilines is 1. The van der Waals surface area contributed by atoms with Crippen molar-refractivity contribution in [2.45, 2.75) is 13.0 Å². The lowest BCUT2D eigenvalue weighted by Crippen LogP contribution is -2.51. The molecule has 0 aliphatic carbocycles. The molecule has 0 spiro atoms. The first-order chi connectivity index (χ1) is 9.06. The number of carbonyl (C=O) groups excluding carboxylic acids is 2. The first-order valence-corrected chi connectivity index (χ1v) is 6.25. The Balaban J connectivity index is 2.04. The van der Waals surface area contributed by atoms with Crippen LogP contribution in [-0.2, 0) is 0 Å². The minimum absolute atomic E-state index is 0.0129. The molecule has 0 bridgehead atoms. The number of nitrogens with one attached hydrogen (secondary N) is 2. The highest BCUT2D eigenvalue weighted by atomic mass is 16.2. The summed E-state index contributed by atoms with van der Waals surface area (Å²) in [4.78, 5) is 24.8. The Morgan fingerprint density at radius 3 is 2.63 bits per heavy atom. The second-order valence-corrected chi connectivity index (χ2v) is 4.67. The minimum Gasteiger partial charge on any atom is -0.351 e. The number of urea groups is 1. The number of benzene rings is 1. The Bertz CT molecular complexity index is 472. The van der Waals surface area contributed by atoms with Crippen molar-refractivity contribution in [3.63, 3.8) is 0 Å². The van der Waals surface area contributed by atoms with Crippen LogP contribution in [0.25, 0.3) is 0 Å². The van der Waals surface area contributed by atoms with Gasteiger partial charge < -0.3 is 21.3 Å². The maximum absolute atomic E-state index is 12.3. The molecule has 6 nitrogen and oxygen atoms in total. The lowest BCUT2D eigenvalue weighted by Gasteiger charge is -2.32. The molecule has 4 N–H and O–H groups in total. The van der Waals surface area contributed by atoms with E-state index in [2.05, 4.69) is 17.6 Å². The van der Waals surface area contributed by atoms with Crippen LogP contribution in [0.5, 0.6) is 0 Å². The number of amides is 3. The van der Waals surface area contributed by atoms with Gasteiger partial charge in [0.15, 0.2) is 0 Å². The molecule has 1 aliphatic heterocycles. The summed E-state index contributed by atoms with van der Waals surface area (Å²) >= 11 is 0. The molecule has 1 fully saturated rings. The van der Waals surface area contributed by atoms with Gasteiger partial charge in [0.25, 0.3) is 5.91 Å². The summed E-state index contributed by atoms with van der Waals surface area (Å²) in [7, 11) is 0. The zero-order chi connectivity index (χ0) is 13.8. The summed E-state index contributed by atoms with van der Waals surface area (Å²) in [5, 5.41) is 5.76. The van der Waals surface area contributed by atoms with Crippen LogP contribution in [0.4, 0.5) is 10.5 Å². The van der Waals surface area contributed by atoms with Gasteiger partial charge in [-0.3, -0.25) is 4.79 Å². The van der Waals surface area contributed by atoms with Crippen LogP contribution < -0.4 is 16.4 Å². The molecule has 102 valence electrons. The number of nitrogens with two attached hydrogens (primary N) is 1. The largest absolute Gasteiger partial charge is 0.351 e. The van der Waals surface area contributed by atoms with Crippen LogP contribution in [0, 0.1) is 0 Å². The quantitative estimate of drug-likeness (QED) is 0.729. The standard InChI is InChI=1S/C13H18N4O2/c1-9-8-17(7-6-15-9)12(18)10-2-4-11(5-3-10)16-13(14)19/h2-5,9,15H,6-8H2,1H3,(H3,14,16,19)/t9-/m0/s1. The number of hydrogen-bond donors (Lipinski definition) is 3. The Kier molecular flexibility index (Phi) is 4.01. The first kappa shape index (κ1) is 13.4. The van der Waals surface area contributed by atoms with Crippen LogP contribution in [0.3, 0.4) is 0 Å². The van der Waals surface area contributed by atoms with Crippen molar-refractivity contribution in [2.75, 3.05) is 25.0 Å². The molecule has 19 heavy (non-hydrogen) atoms. The van der Waals surface area contributed by atoms with E-state index in [9.17, 15) is 9.59 Å². The van der Waals surface area contributed by atoms with Gasteiger partial charge in [-0.1, -0.05) is 0 Å². The van der Waals surface area contributed by atoms with E-state index < -0.39 is 6.03 Å². The maximum atomic E-state index is 12.3. The summed E-state index contributed by atoms with van der Waals surface area (Å²) in [6, 6.07) is 6.43. The summed E-state index contributed by atoms with van der Waals surface area (Å²) in [6.07, 6.45) is 0. The van der Waals surface area contributed by atoms with Gasteiger partial charge in [-0.25, -0.2) is 4.79 Å². The number of primary amides is 1. The predicted molar refractivity (Wildman–Crippen MR) is 73.0 cm³/mol. The van der Waals surface area contributed by atoms with Crippen LogP contribution in [0.2, 0.25) is 0 Å². The van der Waals surface area contributed by atoms with Crippen molar-refractivity contribution >= 4 is 17.6 Å². The van der Waals surface area contributed by atoms with Gasteiger partial charge in [0, 0.05) is 36.9 Å². The van der Waals surface area contributed by atoms with Crippen LogP contribution in [0.1, 0.15) is 17.3 Å². The molecule has 0 unspecified atom stereocenters. The van der Waals surface area contributed by atoms with Gasteiger partial charge >= 0.3 is 6.03 Å². The average Bonchev–Trinajstić information content (AvgIpc) is 2.38. The Labute approximate surface area is 112 Å². The third-order valence-corrected chi connectivity index (χ3v) is 3.06. The highest BCUT2D eigenvalue weighted by Gasteiger charge is 2.21. The molecule has 0 aromatic heterocycles. The molecule has 1 atom stereocenters. The van der Waals surface area contributed by atoms with E-state index in [0.29, 0.717) is 30.4 Å². The zero-order valence-corrected chi connectivity index (χ0v) is 10.8. The fourth-order valence-corrected chi connectivity index (χ4v) is 2.14. The molecule has 6 heteroatoms. The van der Waals surface area contributed by atoms with E-state index in [1.165, 1.54) is 0 Å². The van der Waals surface area contributed by atoms with Crippen molar-refractivity contribution in [2.24, 2.45) is 5.73 Å². The summed E-state index contributed by atoms with van der Waals surface area (Å²) in [5.74, 6) is 0.0129. The molecule has 1 heterocycles. The lowest BCUT2D eigenvalue weighted by atomic mass is 10.1. The number of nitrogens with zero attached hydrogens (tertiary/aromatic N) is 1. The highest BCUT2D eigenvalue weighted by molar-refractivity contribution is 5.95. The third kappa shape index (κ3) is 3.45. The molecular formula is C13H18N4O2. The molecule has 0 radical (unpaired) electrons. The molecular weight excluding hydrogens is 244 g/mol. The molecule has 1 aromatic carbocycles. The zero-order valence-electron chi connectivity index (χ0n) is 10.8. The van der Waals surface area contributed by atoms with Crippen LogP contribution >= 0.6 is 0 Å². The Morgan fingerprint density at radius 2 is 2.05 bits per heavy atom. The van der Waals surface area contributed by atoms with E-state index in [-0.39, 0.29) is 5.91 Å². The van der Waals surface area contributed by atoms with Crippen molar-refractivity contribution in [3.8, 4) is 0 Å². The van der Waals surface area contributed by atoms with E-state index in [0.717, 1.165) is 6.54 Å². The van der Waals surface area contributed by atoms with E-state index in [1.54, 1.807) is 24.3 Å². The van der Waals surface area contributed by atoms with Gasteiger partial charge in [-0.15, -0.1) is 0 Å². The summed E-state index contributed by atoms with van der Waals surface area (Å²) in [6.45, 7) is 4.29. The van der Waals surface area contributed by atoms with Gasteiger partial charge in [0.05, 0.1) is 0 Å². The molecule has 2 rings (SSSR count). The normalized spacial score (nSPS) is 19.0. The van der Waals surface area contributed by atoms with Crippen molar-refractivity contribution in [1.82, 2.24) is 10.2 Å². The SMILES string of the molecule is C[C@H]1CN(C(=O)c2ccc(NC(N)=O)cc2)CCN1. The summed E-state index contributed by atoms with van der Waals surface area (Å²) in [5.41, 5.74) is 6.22. The molecule has 1 aromatic rings. The number of hydrogen-bond acceptors (Lipinski definition) is 3. The topological polar surface area (TPSA) is 87.5 Å². The van der Waals surface area contributed by atoms with Gasteiger partial charge in [-0.2, -0.15) is 0 Å². The first-order valence-electron chi connectivity index (χ1n) is 6.25. The number of piperazine rings is 1. The second kappa shape index (κ2) is 5.71. The molecule has 0 saturated carbocycles.